The van der Waals surface area contributed by atoms with E-state index < -0.39 is 0 Å². The molecule has 0 aromatic rings. The Kier molecular flexibility index (Phi) is 4.16. The summed E-state index contributed by atoms with van der Waals surface area (Å²) in [6.07, 6.45) is 9.33. The molecule has 1 aliphatic carbocycles. The second kappa shape index (κ2) is 5.46. The molecule has 0 aromatic carbocycles. The molecule has 2 aliphatic rings. The Bertz CT molecular complexity index is 220. The van der Waals surface area contributed by atoms with Crippen molar-refractivity contribution in [1.82, 2.24) is 5.32 Å². The van der Waals surface area contributed by atoms with Gasteiger partial charge < -0.3 is 10.1 Å². The standard InChI is InChI=1S/C9H11NO.C2H6.H2/c1-2-4-8-9(5-3-1)11-7-6-10-8;1-2;/h2-5,10H,1,6-7H2;1-2H3;1H. The third kappa shape index (κ3) is 2.65. The molecule has 0 spiro atoms. The Morgan fingerprint density at radius 1 is 1.31 bits per heavy atom. The van der Waals surface area contributed by atoms with Gasteiger partial charge in [0.15, 0.2) is 0 Å². The molecular formula is C11H19NO. The van der Waals surface area contributed by atoms with E-state index in [0.717, 1.165) is 31.0 Å². The highest BCUT2D eigenvalue weighted by molar-refractivity contribution is 5.32. The highest BCUT2D eigenvalue weighted by Crippen LogP contribution is 2.14. The maximum atomic E-state index is 5.44. The van der Waals surface area contributed by atoms with Gasteiger partial charge in [0, 0.05) is 7.97 Å². The molecule has 2 heteroatoms. The molecular weight excluding hydrogens is 162 g/mol. The number of hydrogen-bond acceptors (Lipinski definition) is 2. The van der Waals surface area contributed by atoms with Gasteiger partial charge in [0.25, 0.3) is 0 Å². The first-order valence-corrected chi connectivity index (χ1v) is 4.91. The van der Waals surface area contributed by atoms with Gasteiger partial charge in [-0.15, -0.1) is 0 Å². The normalized spacial score (nSPS) is 18.9. The van der Waals surface area contributed by atoms with Crippen LogP contribution in [0.1, 0.15) is 21.7 Å². The van der Waals surface area contributed by atoms with Crippen LogP contribution in [0, 0.1) is 0 Å². The van der Waals surface area contributed by atoms with Gasteiger partial charge in [0.2, 0.25) is 0 Å². The first-order chi connectivity index (χ1) is 6.47. The third-order valence-corrected chi connectivity index (χ3v) is 1.77. The van der Waals surface area contributed by atoms with E-state index in [1.54, 1.807) is 0 Å². The smallest absolute Gasteiger partial charge is 0.142 e. The Labute approximate surface area is 81.5 Å². The molecule has 2 rings (SSSR count). The summed E-state index contributed by atoms with van der Waals surface area (Å²) in [4.78, 5) is 0. The van der Waals surface area contributed by atoms with Crippen molar-refractivity contribution in [2.75, 3.05) is 13.2 Å². The van der Waals surface area contributed by atoms with Crippen molar-refractivity contribution >= 4 is 0 Å². The number of hydrogen-bond donors (Lipinski definition) is 1. The Morgan fingerprint density at radius 3 is 2.92 bits per heavy atom. The topological polar surface area (TPSA) is 21.3 Å². The van der Waals surface area contributed by atoms with Gasteiger partial charge in [-0.3, -0.25) is 0 Å². The molecule has 0 fully saturated rings. The third-order valence-electron chi connectivity index (χ3n) is 1.77. The number of nitrogens with one attached hydrogen (secondary N) is 1. The first kappa shape index (κ1) is 9.90. The molecule has 74 valence electrons. The fourth-order valence-corrected chi connectivity index (χ4v) is 1.23. The molecule has 0 atom stereocenters. The number of rotatable bonds is 0. The van der Waals surface area contributed by atoms with E-state index in [2.05, 4.69) is 23.5 Å². The minimum atomic E-state index is 0. The Balaban J connectivity index is 0.000000531. The molecule has 1 N–H and O–H groups in total. The molecule has 0 radical (unpaired) electrons. The Morgan fingerprint density at radius 2 is 2.08 bits per heavy atom. The second-order valence-electron chi connectivity index (χ2n) is 2.59. The van der Waals surface area contributed by atoms with Crippen molar-refractivity contribution in [3.63, 3.8) is 0 Å². The lowest BCUT2D eigenvalue weighted by Gasteiger charge is -2.18. The average molecular weight is 181 g/mol. The average Bonchev–Trinajstić information content (AvgIpc) is 2.45. The SMILES string of the molecule is C1=CC2=C(C=CC1)OCCN2.CC.[HH]. The molecule has 13 heavy (non-hydrogen) atoms. The van der Waals surface area contributed by atoms with Gasteiger partial charge >= 0.3 is 0 Å². The molecule has 0 bridgehead atoms. The highest BCUT2D eigenvalue weighted by atomic mass is 16.5. The second-order valence-corrected chi connectivity index (χ2v) is 2.59. The summed E-state index contributed by atoms with van der Waals surface area (Å²) in [7, 11) is 0. The number of allylic oxidation sites excluding steroid dienone is 4. The molecule has 2 nitrogen and oxygen atoms in total. The van der Waals surface area contributed by atoms with E-state index in [4.69, 9.17) is 4.74 Å². The van der Waals surface area contributed by atoms with Crippen LogP contribution in [0.15, 0.2) is 35.8 Å². The van der Waals surface area contributed by atoms with Crippen molar-refractivity contribution in [2.45, 2.75) is 20.3 Å². The van der Waals surface area contributed by atoms with E-state index in [-0.39, 0.29) is 1.43 Å². The van der Waals surface area contributed by atoms with Gasteiger partial charge in [-0.2, -0.15) is 0 Å². The maximum Gasteiger partial charge on any atom is 0.142 e. The summed E-state index contributed by atoms with van der Waals surface area (Å²) in [5.74, 6) is 0.977. The lowest BCUT2D eigenvalue weighted by molar-refractivity contribution is 0.206. The lowest BCUT2D eigenvalue weighted by Crippen LogP contribution is -2.24. The van der Waals surface area contributed by atoms with E-state index in [1.807, 2.05) is 19.9 Å². The summed E-state index contributed by atoms with van der Waals surface area (Å²) in [5.41, 5.74) is 1.12. The lowest BCUT2D eigenvalue weighted by atomic mass is 10.3. The van der Waals surface area contributed by atoms with Crippen molar-refractivity contribution in [3.05, 3.63) is 35.8 Å². The summed E-state index contributed by atoms with van der Waals surface area (Å²) in [6, 6.07) is 0. The van der Waals surface area contributed by atoms with Gasteiger partial charge in [0.05, 0.1) is 5.70 Å². The van der Waals surface area contributed by atoms with Gasteiger partial charge in [-0.25, -0.2) is 0 Å². The van der Waals surface area contributed by atoms with Crippen LogP contribution in [0.5, 0.6) is 0 Å². The maximum absolute atomic E-state index is 5.44. The quantitative estimate of drug-likeness (QED) is 0.620. The van der Waals surface area contributed by atoms with Crippen molar-refractivity contribution in [3.8, 4) is 0 Å². The van der Waals surface area contributed by atoms with Crippen molar-refractivity contribution in [2.24, 2.45) is 0 Å². The minimum absolute atomic E-state index is 0. The monoisotopic (exact) mass is 181 g/mol. The van der Waals surface area contributed by atoms with Crippen LogP contribution in [-0.4, -0.2) is 13.2 Å². The van der Waals surface area contributed by atoms with Crippen LogP contribution in [0.25, 0.3) is 0 Å². The van der Waals surface area contributed by atoms with Gasteiger partial charge in [0.1, 0.15) is 12.4 Å². The van der Waals surface area contributed by atoms with E-state index in [1.165, 1.54) is 0 Å². The van der Waals surface area contributed by atoms with Crippen LogP contribution < -0.4 is 5.32 Å². The van der Waals surface area contributed by atoms with E-state index in [9.17, 15) is 0 Å². The fraction of sp³-hybridized carbons (Fsp3) is 0.455. The summed E-state index contributed by atoms with van der Waals surface area (Å²) in [6.45, 7) is 5.69. The van der Waals surface area contributed by atoms with Crippen LogP contribution >= 0.6 is 0 Å². The first-order valence-electron chi connectivity index (χ1n) is 4.91. The van der Waals surface area contributed by atoms with E-state index in [0.29, 0.717) is 0 Å². The van der Waals surface area contributed by atoms with Crippen LogP contribution in [0.2, 0.25) is 0 Å². The molecule has 0 amide bonds. The van der Waals surface area contributed by atoms with Crippen molar-refractivity contribution in [1.29, 1.82) is 0 Å². The van der Waals surface area contributed by atoms with Gasteiger partial charge in [-0.05, 0) is 18.6 Å². The van der Waals surface area contributed by atoms with Gasteiger partial charge in [-0.1, -0.05) is 26.0 Å². The van der Waals surface area contributed by atoms with Crippen LogP contribution in [-0.2, 0) is 4.74 Å². The highest BCUT2D eigenvalue weighted by Gasteiger charge is 2.08. The van der Waals surface area contributed by atoms with Crippen LogP contribution in [0.4, 0.5) is 0 Å². The Hall–Kier alpha value is -1.18. The largest absolute Gasteiger partial charge is 0.490 e. The summed E-state index contributed by atoms with van der Waals surface area (Å²) < 4.78 is 5.44. The zero-order chi connectivity index (χ0) is 9.52. The van der Waals surface area contributed by atoms with E-state index >= 15 is 0 Å². The summed E-state index contributed by atoms with van der Waals surface area (Å²) in [5, 5.41) is 3.28. The molecule has 0 unspecified atom stereocenters. The molecule has 1 aliphatic heterocycles. The zero-order valence-electron chi connectivity index (χ0n) is 8.34. The number of ether oxygens (including phenoxy) is 1. The van der Waals surface area contributed by atoms with Crippen molar-refractivity contribution < 1.29 is 6.16 Å². The molecule has 1 heterocycles. The molecule has 0 saturated carbocycles. The molecule has 0 saturated heterocycles. The predicted octanol–water partition coefficient (Wildman–Crippen LogP) is 2.61. The van der Waals surface area contributed by atoms with Crippen LogP contribution in [0.3, 0.4) is 0 Å². The summed E-state index contributed by atoms with van der Waals surface area (Å²) >= 11 is 0. The predicted molar refractivity (Wildman–Crippen MR) is 57.3 cm³/mol. The molecule has 0 aromatic heterocycles. The minimum Gasteiger partial charge on any atom is -0.490 e. The fourth-order valence-electron chi connectivity index (χ4n) is 1.23. The zero-order valence-corrected chi connectivity index (χ0v) is 8.34.